The van der Waals surface area contributed by atoms with Crippen LogP contribution in [0.4, 0.5) is 0 Å². The molecule has 2 saturated carbocycles. The minimum atomic E-state index is -0.147. The molecule has 2 atom stereocenters. The van der Waals surface area contributed by atoms with Crippen LogP contribution in [0.1, 0.15) is 63.9 Å². The summed E-state index contributed by atoms with van der Waals surface area (Å²) in [4.78, 5) is 0. The predicted molar refractivity (Wildman–Crippen MR) is 85.6 cm³/mol. The number of aliphatic hydroxyl groups is 1. The summed E-state index contributed by atoms with van der Waals surface area (Å²) in [5.74, 6) is 0.970. The van der Waals surface area contributed by atoms with Crippen LogP contribution in [-0.4, -0.2) is 17.3 Å². The van der Waals surface area contributed by atoms with E-state index in [2.05, 4.69) is 31.2 Å². The quantitative estimate of drug-likeness (QED) is 0.865. The van der Waals surface area contributed by atoms with Crippen molar-refractivity contribution in [1.82, 2.24) is 0 Å². The number of aryl methyl sites for hydroxylation is 1. The van der Waals surface area contributed by atoms with Crippen LogP contribution in [-0.2, 0) is 6.42 Å². The second kappa shape index (κ2) is 6.39. The van der Waals surface area contributed by atoms with Gasteiger partial charge in [-0.3, -0.25) is 0 Å². The van der Waals surface area contributed by atoms with Gasteiger partial charge >= 0.3 is 0 Å². The van der Waals surface area contributed by atoms with Crippen LogP contribution >= 0.6 is 0 Å². The Morgan fingerprint density at radius 2 is 1.86 bits per heavy atom. The van der Waals surface area contributed by atoms with Gasteiger partial charge in [0.25, 0.3) is 0 Å². The number of benzene rings is 1. The molecule has 0 heterocycles. The molecule has 0 radical (unpaired) electrons. The Morgan fingerprint density at radius 1 is 1.14 bits per heavy atom. The number of rotatable bonds is 5. The van der Waals surface area contributed by atoms with E-state index in [0.29, 0.717) is 0 Å². The van der Waals surface area contributed by atoms with Gasteiger partial charge in [-0.2, -0.15) is 0 Å². The van der Waals surface area contributed by atoms with Gasteiger partial charge < -0.3 is 9.84 Å². The summed E-state index contributed by atoms with van der Waals surface area (Å²) in [7, 11) is 0. The molecule has 0 amide bonds. The molecule has 2 nitrogen and oxygen atoms in total. The Bertz CT molecular complexity index is 445. The number of aliphatic hydroxyl groups excluding tert-OH is 1. The molecule has 2 aliphatic rings. The zero-order valence-corrected chi connectivity index (χ0v) is 13.2. The van der Waals surface area contributed by atoms with E-state index in [4.69, 9.17) is 4.74 Å². The smallest absolute Gasteiger partial charge is 0.119 e. The Kier molecular flexibility index (Phi) is 4.54. The third-order valence-electron chi connectivity index (χ3n) is 5.55. The van der Waals surface area contributed by atoms with Crippen molar-refractivity contribution in [2.45, 2.75) is 76.9 Å². The van der Waals surface area contributed by atoms with Crippen molar-refractivity contribution < 1.29 is 9.84 Å². The summed E-state index contributed by atoms with van der Waals surface area (Å²) in [6.07, 6.45) is 10.6. The molecule has 0 bridgehead atoms. The fourth-order valence-electron chi connectivity index (χ4n) is 4.04. The van der Waals surface area contributed by atoms with Crippen molar-refractivity contribution in [2.75, 3.05) is 0 Å². The molecule has 2 fully saturated rings. The van der Waals surface area contributed by atoms with Crippen LogP contribution in [0.2, 0.25) is 0 Å². The first-order valence-corrected chi connectivity index (χ1v) is 8.68. The van der Waals surface area contributed by atoms with Crippen LogP contribution in [0.25, 0.3) is 0 Å². The molecular formula is C19H28O2. The highest BCUT2D eigenvalue weighted by Gasteiger charge is 2.56. The highest BCUT2D eigenvalue weighted by atomic mass is 16.5. The lowest BCUT2D eigenvalue weighted by Crippen LogP contribution is -2.60. The number of hydrogen-bond acceptors (Lipinski definition) is 2. The Labute approximate surface area is 128 Å². The maximum atomic E-state index is 10.2. The molecule has 2 unspecified atom stereocenters. The molecule has 2 heteroatoms. The molecule has 2 aliphatic carbocycles. The predicted octanol–water partition coefficient (Wildman–Crippen LogP) is 4.49. The van der Waals surface area contributed by atoms with E-state index in [9.17, 15) is 5.11 Å². The van der Waals surface area contributed by atoms with Gasteiger partial charge in [0.15, 0.2) is 0 Å². The van der Waals surface area contributed by atoms with Crippen LogP contribution in [0.15, 0.2) is 24.3 Å². The molecule has 0 saturated heterocycles. The molecule has 21 heavy (non-hydrogen) atoms. The van der Waals surface area contributed by atoms with Crippen LogP contribution in [0.5, 0.6) is 5.75 Å². The van der Waals surface area contributed by atoms with Gasteiger partial charge in [-0.1, -0.05) is 44.7 Å². The van der Waals surface area contributed by atoms with Crippen molar-refractivity contribution in [3.8, 4) is 5.75 Å². The van der Waals surface area contributed by atoms with E-state index in [1.807, 2.05) is 0 Å². The lowest BCUT2D eigenvalue weighted by Gasteiger charge is -2.55. The van der Waals surface area contributed by atoms with E-state index < -0.39 is 0 Å². The molecule has 1 N–H and O–H groups in total. The molecule has 116 valence electrons. The van der Waals surface area contributed by atoms with Gasteiger partial charge in [0.2, 0.25) is 0 Å². The molecule has 1 spiro atoms. The fraction of sp³-hybridized carbons (Fsp3) is 0.684. The Balaban J connectivity index is 1.61. The topological polar surface area (TPSA) is 29.5 Å². The first-order chi connectivity index (χ1) is 10.2. The lowest BCUT2D eigenvalue weighted by molar-refractivity contribution is -0.172. The molecule has 0 aliphatic heterocycles. The van der Waals surface area contributed by atoms with Crippen molar-refractivity contribution >= 4 is 0 Å². The average Bonchev–Trinajstić information content (AvgIpc) is 2.54. The maximum absolute atomic E-state index is 10.2. The zero-order chi connectivity index (χ0) is 14.7. The summed E-state index contributed by atoms with van der Waals surface area (Å²) in [6.45, 7) is 2.23. The highest BCUT2D eigenvalue weighted by Crippen LogP contribution is 2.53. The third-order valence-corrected chi connectivity index (χ3v) is 5.55. The average molecular weight is 288 g/mol. The molecular weight excluding hydrogens is 260 g/mol. The van der Waals surface area contributed by atoms with Crippen LogP contribution in [0.3, 0.4) is 0 Å². The summed E-state index contributed by atoms with van der Waals surface area (Å²) in [5, 5.41) is 10.2. The number of unbranched alkanes of at least 4 members (excludes halogenated alkanes) is 1. The van der Waals surface area contributed by atoms with E-state index in [1.54, 1.807) is 0 Å². The highest BCUT2D eigenvalue weighted by molar-refractivity contribution is 5.28. The van der Waals surface area contributed by atoms with Crippen LogP contribution in [0, 0.1) is 5.41 Å². The monoisotopic (exact) mass is 288 g/mol. The fourth-order valence-corrected chi connectivity index (χ4v) is 4.04. The van der Waals surface area contributed by atoms with E-state index in [0.717, 1.165) is 31.4 Å². The first kappa shape index (κ1) is 14.9. The van der Waals surface area contributed by atoms with Crippen molar-refractivity contribution in [1.29, 1.82) is 0 Å². The van der Waals surface area contributed by atoms with Gasteiger partial charge in [0.05, 0.1) is 6.10 Å². The van der Waals surface area contributed by atoms with Gasteiger partial charge in [-0.15, -0.1) is 0 Å². The minimum absolute atomic E-state index is 0.0547. The maximum Gasteiger partial charge on any atom is 0.119 e. The second-order valence-electron chi connectivity index (χ2n) is 6.90. The second-order valence-corrected chi connectivity index (χ2v) is 6.90. The Hall–Kier alpha value is -1.02. The molecule has 3 rings (SSSR count). The summed E-state index contributed by atoms with van der Waals surface area (Å²) >= 11 is 0. The van der Waals surface area contributed by atoms with Gasteiger partial charge in [-0.25, -0.2) is 0 Å². The van der Waals surface area contributed by atoms with Crippen LogP contribution < -0.4 is 4.74 Å². The van der Waals surface area contributed by atoms with E-state index >= 15 is 0 Å². The normalized spacial score (nSPS) is 27.3. The standard InChI is InChI=1S/C19H28O2/c1-2-3-7-15-8-10-16(11-9-15)21-18-14-17(20)19(18)12-5-4-6-13-19/h8-11,17-18,20H,2-7,12-14H2,1H3. The molecule has 1 aromatic rings. The number of ether oxygens (including phenoxy) is 1. The molecule has 0 aromatic heterocycles. The summed E-state index contributed by atoms with van der Waals surface area (Å²) in [6, 6.07) is 8.58. The minimum Gasteiger partial charge on any atom is -0.490 e. The van der Waals surface area contributed by atoms with E-state index in [1.165, 1.54) is 37.7 Å². The van der Waals surface area contributed by atoms with Crippen molar-refractivity contribution in [3.05, 3.63) is 29.8 Å². The van der Waals surface area contributed by atoms with E-state index in [-0.39, 0.29) is 17.6 Å². The number of hydrogen-bond donors (Lipinski definition) is 1. The summed E-state index contributed by atoms with van der Waals surface area (Å²) < 4.78 is 6.21. The SMILES string of the molecule is CCCCc1ccc(OC2CC(O)C23CCCCC3)cc1. The van der Waals surface area contributed by atoms with Crippen molar-refractivity contribution in [2.24, 2.45) is 5.41 Å². The molecule has 1 aromatic carbocycles. The van der Waals surface area contributed by atoms with Gasteiger partial charge in [0, 0.05) is 11.8 Å². The van der Waals surface area contributed by atoms with Crippen molar-refractivity contribution in [3.63, 3.8) is 0 Å². The summed E-state index contributed by atoms with van der Waals surface area (Å²) in [5.41, 5.74) is 1.45. The lowest BCUT2D eigenvalue weighted by atomic mass is 9.56. The largest absolute Gasteiger partial charge is 0.490 e. The van der Waals surface area contributed by atoms with Gasteiger partial charge in [-0.05, 0) is 43.4 Å². The first-order valence-electron chi connectivity index (χ1n) is 8.68. The third kappa shape index (κ3) is 2.96. The van der Waals surface area contributed by atoms with Gasteiger partial charge in [0.1, 0.15) is 11.9 Å². The zero-order valence-electron chi connectivity index (χ0n) is 13.2. The Morgan fingerprint density at radius 3 is 2.48 bits per heavy atom.